The average Bonchev–Trinajstić information content (AvgIpc) is 3.14. The predicted octanol–water partition coefficient (Wildman–Crippen LogP) is 1.69. The third-order valence-corrected chi connectivity index (χ3v) is 7.05. The van der Waals surface area contributed by atoms with Gasteiger partial charge in [0.2, 0.25) is 5.91 Å². The molecule has 0 unspecified atom stereocenters. The second kappa shape index (κ2) is 11.3. The van der Waals surface area contributed by atoms with Crippen molar-refractivity contribution < 1.29 is 27.9 Å². The van der Waals surface area contributed by atoms with Crippen LogP contribution in [-0.2, 0) is 32.1 Å². The maximum Gasteiger partial charge on any atom is 0.256 e. The highest BCUT2D eigenvalue weighted by Crippen LogP contribution is 2.40. The van der Waals surface area contributed by atoms with Gasteiger partial charge in [0.05, 0.1) is 30.5 Å². The average molecular weight is 542 g/mol. The number of amides is 2. The van der Waals surface area contributed by atoms with Crippen LogP contribution in [0.25, 0.3) is 0 Å². The molecule has 2 amide bonds. The Balaban J connectivity index is 1.63. The molecule has 4 N–H and O–H groups in total. The summed E-state index contributed by atoms with van der Waals surface area (Å²) < 4.78 is 32.6. The molecule has 0 saturated carbocycles. The maximum atomic E-state index is 14.2. The van der Waals surface area contributed by atoms with Gasteiger partial charge in [-0.25, -0.2) is 13.8 Å². The zero-order valence-corrected chi connectivity index (χ0v) is 22.2. The largest absolute Gasteiger partial charge is 0.374 e. The van der Waals surface area contributed by atoms with Crippen LogP contribution in [0.5, 0.6) is 0 Å². The monoisotopic (exact) mass is 541 g/mol. The maximum absolute atomic E-state index is 14.2. The number of benzene rings is 2. The van der Waals surface area contributed by atoms with E-state index >= 15 is 0 Å². The second-order valence-electron chi connectivity index (χ2n) is 10.6. The Bertz CT molecular complexity index is 1280. The third-order valence-electron chi connectivity index (χ3n) is 7.05. The van der Waals surface area contributed by atoms with Gasteiger partial charge in [0, 0.05) is 20.0 Å². The first-order valence-corrected chi connectivity index (χ1v) is 12.7. The van der Waals surface area contributed by atoms with Crippen LogP contribution in [0.15, 0.2) is 53.6 Å². The molecule has 2 heterocycles. The number of nitrogens with zero attached hydrogens (tertiary/aromatic N) is 2. The number of ketones is 1. The number of carbonyl (C=O) groups excluding carboxylic acids is 3. The molecule has 39 heavy (non-hydrogen) atoms. The van der Waals surface area contributed by atoms with E-state index in [0.717, 1.165) is 17.7 Å². The molecule has 0 bridgehead atoms. The summed E-state index contributed by atoms with van der Waals surface area (Å²) in [6, 6.07) is 10.5. The quantitative estimate of drug-likeness (QED) is 0.420. The van der Waals surface area contributed by atoms with E-state index in [2.05, 4.69) is 15.7 Å². The van der Waals surface area contributed by atoms with Crippen LogP contribution in [0, 0.1) is 17.0 Å². The molecule has 11 heteroatoms. The molecular formula is C28H33F2N5O4. The van der Waals surface area contributed by atoms with Crippen molar-refractivity contribution in [3.8, 4) is 0 Å². The van der Waals surface area contributed by atoms with Gasteiger partial charge in [0.15, 0.2) is 17.4 Å². The van der Waals surface area contributed by atoms with Crippen molar-refractivity contribution in [1.82, 2.24) is 15.6 Å². The van der Waals surface area contributed by atoms with Crippen LogP contribution in [0.2, 0.25) is 0 Å². The number of nitrogens with one attached hydrogen (secondary N) is 2. The number of Topliss-reactive ketones (excluding diaryl/α,β-unsaturated/α-hetero) is 1. The number of carbonyl (C=O) groups is 3. The van der Waals surface area contributed by atoms with Gasteiger partial charge >= 0.3 is 0 Å². The van der Waals surface area contributed by atoms with Crippen molar-refractivity contribution in [3.05, 3.63) is 71.3 Å². The minimum absolute atomic E-state index is 0.134. The van der Waals surface area contributed by atoms with E-state index in [0.29, 0.717) is 24.2 Å². The van der Waals surface area contributed by atoms with E-state index in [1.807, 2.05) is 30.3 Å². The van der Waals surface area contributed by atoms with Gasteiger partial charge in [-0.15, -0.1) is 0 Å². The van der Waals surface area contributed by atoms with E-state index in [1.54, 1.807) is 7.05 Å². The summed E-state index contributed by atoms with van der Waals surface area (Å²) in [5, 5.41) is 11.6. The van der Waals surface area contributed by atoms with Crippen molar-refractivity contribution in [1.29, 1.82) is 0 Å². The minimum atomic E-state index is -1.30. The number of ether oxygens (including phenoxy) is 1. The lowest BCUT2D eigenvalue weighted by Gasteiger charge is -2.41. The Labute approximate surface area is 225 Å². The summed E-state index contributed by atoms with van der Waals surface area (Å²) >= 11 is 0. The molecule has 1 saturated heterocycles. The van der Waals surface area contributed by atoms with Crippen molar-refractivity contribution >= 4 is 23.3 Å². The van der Waals surface area contributed by atoms with Gasteiger partial charge in [-0.1, -0.05) is 36.4 Å². The normalized spacial score (nSPS) is 21.8. The van der Waals surface area contributed by atoms with Gasteiger partial charge in [-0.2, -0.15) is 5.10 Å². The number of rotatable bonds is 10. The number of fused-ring (bicyclic) bond motifs is 1. The fourth-order valence-electron chi connectivity index (χ4n) is 5.01. The van der Waals surface area contributed by atoms with Gasteiger partial charge < -0.3 is 21.1 Å². The van der Waals surface area contributed by atoms with Crippen molar-refractivity contribution in [3.63, 3.8) is 0 Å². The van der Waals surface area contributed by atoms with E-state index in [-0.39, 0.29) is 25.5 Å². The van der Waals surface area contributed by atoms with Crippen LogP contribution in [-0.4, -0.2) is 66.1 Å². The fourth-order valence-corrected chi connectivity index (χ4v) is 5.01. The smallest absolute Gasteiger partial charge is 0.256 e. The molecule has 0 aliphatic carbocycles. The fraction of sp³-hybridized carbons (Fsp3) is 0.429. The second-order valence-corrected chi connectivity index (χ2v) is 10.6. The lowest BCUT2D eigenvalue weighted by atomic mass is 9.66. The van der Waals surface area contributed by atoms with E-state index in [9.17, 15) is 23.2 Å². The topological polar surface area (TPSA) is 126 Å². The van der Waals surface area contributed by atoms with Crippen molar-refractivity contribution in [2.24, 2.45) is 16.3 Å². The summed E-state index contributed by atoms with van der Waals surface area (Å²) in [4.78, 5) is 40.7. The molecule has 1 fully saturated rings. The summed E-state index contributed by atoms with van der Waals surface area (Å²) in [5.74, 6) is -3.38. The summed E-state index contributed by atoms with van der Waals surface area (Å²) in [5.41, 5.74) is 5.20. The summed E-state index contributed by atoms with van der Waals surface area (Å²) in [6.45, 7) is 3.00. The molecular weight excluding hydrogens is 508 g/mol. The van der Waals surface area contributed by atoms with Crippen molar-refractivity contribution in [2.75, 3.05) is 20.2 Å². The van der Waals surface area contributed by atoms with E-state index < -0.39 is 46.4 Å². The Kier molecular flexibility index (Phi) is 8.24. The molecule has 0 radical (unpaired) electrons. The van der Waals surface area contributed by atoms with Crippen LogP contribution in [0.4, 0.5) is 8.78 Å². The number of hydrogen-bond acceptors (Lipinski definition) is 7. The highest BCUT2D eigenvalue weighted by molar-refractivity contribution is 6.17. The Morgan fingerprint density at radius 3 is 2.59 bits per heavy atom. The first-order chi connectivity index (χ1) is 18.4. The Morgan fingerprint density at radius 1 is 1.21 bits per heavy atom. The molecule has 0 spiro atoms. The molecule has 0 aromatic heterocycles. The van der Waals surface area contributed by atoms with Crippen molar-refractivity contribution in [2.45, 2.75) is 50.9 Å². The molecule has 2 aliphatic heterocycles. The van der Waals surface area contributed by atoms with E-state index in [1.165, 1.54) is 24.9 Å². The highest BCUT2D eigenvalue weighted by Gasteiger charge is 2.59. The summed E-state index contributed by atoms with van der Waals surface area (Å²) in [7, 11) is 1.56. The molecule has 9 nitrogen and oxygen atoms in total. The number of hydrogen-bond donors (Lipinski definition) is 3. The zero-order chi connectivity index (χ0) is 28.4. The van der Waals surface area contributed by atoms with Gasteiger partial charge in [0.25, 0.3) is 5.91 Å². The standard InChI is InChI=1S/C28H33F2N5O4/c1-27(2,31)25(37)33-21(16-39-15-18-9-10-19(29)20(30)13-18)23(36)24-28(14-17-7-5-4-6-8-17)22(11-12-32-24)34-35(3)26(28)38/h4-10,13,21,24,32H,11-12,14-16,31H2,1-3H3,(H,33,37)/t21-,24-,28+/m1/s1. The zero-order valence-electron chi connectivity index (χ0n) is 22.2. The number of nitrogens with two attached hydrogens (primary N) is 1. The van der Waals surface area contributed by atoms with Crippen LogP contribution in [0.1, 0.15) is 31.4 Å². The van der Waals surface area contributed by atoms with Crippen LogP contribution < -0.4 is 16.4 Å². The number of piperidine rings is 1. The molecule has 208 valence electrons. The number of halogens is 2. The first-order valence-electron chi connectivity index (χ1n) is 12.7. The third kappa shape index (κ3) is 5.90. The molecule has 4 rings (SSSR count). The highest BCUT2D eigenvalue weighted by atomic mass is 19.2. The first kappa shape index (κ1) is 28.5. The van der Waals surface area contributed by atoms with Gasteiger partial charge in [-0.05, 0) is 43.5 Å². The molecule has 2 aromatic carbocycles. The minimum Gasteiger partial charge on any atom is -0.374 e. The number of hydrazone groups is 1. The van der Waals surface area contributed by atoms with Gasteiger partial charge in [-0.3, -0.25) is 14.4 Å². The molecule has 2 aromatic rings. The SMILES string of the molecule is CN1N=C2CCN[C@H](C(=O)[C@@H](COCc3ccc(F)c(F)c3)NC(=O)C(C)(C)N)[C@@]2(Cc2ccccc2)C1=O. The molecule has 3 atom stereocenters. The van der Waals surface area contributed by atoms with E-state index in [4.69, 9.17) is 10.5 Å². The Morgan fingerprint density at radius 2 is 1.92 bits per heavy atom. The lowest BCUT2D eigenvalue weighted by Crippen LogP contribution is -2.67. The Hall–Kier alpha value is -3.54. The van der Waals surface area contributed by atoms with Gasteiger partial charge in [0.1, 0.15) is 11.5 Å². The van der Waals surface area contributed by atoms with Crippen LogP contribution in [0.3, 0.4) is 0 Å². The lowest BCUT2D eigenvalue weighted by molar-refractivity contribution is -0.142. The predicted molar refractivity (Wildman–Crippen MR) is 140 cm³/mol. The summed E-state index contributed by atoms with van der Waals surface area (Å²) in [6.07, 6.45) is 0.712. The molecule has 2 aliphatic rings. The van der Waals surface area contributed by atoms with Crippen LogP contribution >= 0.6 is 0 Å².